The molecule has 4 nitrogen and oxygen atoms in total. The average Bonchev–Trinajstić information content (AvgIpc) is 3.26. The van der Waals surface area contributed by atoms with Crippen LogP contribution in [0.25, 0.3) is 0 Å². The van der Waals surface area contributed by atoms with Gasteiger partial charge in [0.2, 0.25) is 10.0 Å². The first kappa shape index (κ1) is 16.9. The SMILES string of the molecule is CCC(O)(CC)[C@@]12CCCC[C@@H]1N2S(=O)(=O)c1ccc(C)cc1. The van der Waals surface area contributed by atoms with E-state index in [2.05, 4.69) is 0 Å². The first-order valence-corrected chi connectivity index (χ1v) is 10.1. The minimum Gasteiger partial charge on any atom is -0.388 e. The van der Waals surface area contributed by atoms with Crippen LogP contribution in [0, 0.1) is 6.92 Å². The van der Waals surface area contributed by atoms with Crippen molar-refractivity contribution >= 4 is 10.0 Å². The van der Waals surface area contributed by atoms with Gasteiger partial charge in [-0.1, -0.05) is 44.4 Å². The highest BCUT2D eigenvalue weighted by atomic mass is 32.2. The molecular weight excluding hydrogens is 310 g/mol. The molecule has 0 radical (unpaired) electrons. The Morgan fingerprint density at radius 1 is 1.22 bits per heavy atom. The maximum atomic E-state index is 13.2. The molecule has 2 fully saturated rings. The van der Waals surface area contributed by atoms with E-state index >= 15 is 0 Å². The van der Waals surface area contributed by atoms with Gasteiger partial charge in [-0.05, 0) is 44.7 Å². The maximum absolute atomic E-state index is 13.2. The Labute approximate surface area is 139 Å². The first-order chi connectivity index (χ1) is 10.8. The lowest BCUT2D eigenvalue weighted by Crippen LogP contribution is -2.49. The number of sulfonamides is 1. The van der Waals surface area contributed by atoms with Crippen molar-refractivity contribution in [2.45, 2.75) is 81.4 Å². The van der Waals surface area contributed by atoms with Crippen molar-refractivity contribution in [1.82, 2.24) is 4.31 Å². The van der Waals surface area contributed by atoms with Crippen LogP contribution in [-0.4, -0.2) is 35.0 Å². The number of aliphatic hydroxyl groups is 1. The van der Waals surface area contributed by atoms with Crippen molar-refractivity contribution in [3.8, 4) is 0 Å². The van der Waals surface area contributed by atoms with E-state index in [1.165, 1.54) is 0 Å². The van der Waals surface area contributed by atoms with Crippen molar-refractivity contribution in [3.63, 3.8) is 0 Å². The molecule has 128 valence electrons. The van der Waals surface area contributed by atoms with Gasteiger partial charge in [-0.25, -0.2) is 8.42 Å². The molecule has 1 N–H and O–H groups in total. The molecule has 1 heterocycles. The Balaban J connectivity index is 2.04. The number of aryl methyl sites for hydroxylation is 1. The summed E-state index contributed by atoms with van der Waals surface area (Å²) in [5.41, 5.74) is -0.491. The summed E-state index contributed by atoms with van der Waals surface area (Å²) < 4.78 is 28.0. The summed E-state index contributed by atoms with van der Waals surface area (Å²) in [5.74, 6) is 0. The Morgan fingerprint density at radius 2 is 1.83 bits per heavy atom. The number of rotatable bonds is 5. The van der Waals surface area contributed by atoms with E-state index < -0.39 is 21.2 Å². The summed E-state index contributed by atoms with van der Waals surface area (Å²) in [7, 11) is -3.55. The van der Waals surface area contributed by atoms with Crippen LogP contribution in [0.5, 0.6) is 0 Å². The quantitative estimate of drug-likeness (QED) is 0.839. The molecule has 1 aliphatic heterocycles. The number of hydrogen-bond acceptors (Lipinski definition) is 3. The van der Waals surface area contributed by atoms with Crippen LogP contribution in [0.2, 0.25) is 0 Å². The lowest BCUT2D eigenvalue weighted by molar-refractivity contribution is -0.0251. The van der Waals surface area contributed by atoms with Crippen LogP contribution in [0.4, 0.5) is 0 Å². The standard InChI is InChI=1S/C18H27NO3S/c1-4-17(20,5-2)18-13-7-6-8-16(18)19(18)23(21,22)15-11-9-14(3)10-12-15/h9-12,16,20H,4-8,13H2,1-3H3/t16-,18+,19?/m0/s1. The molecule has 2 aliphatic rings. The summed E-state index contributed by atoms with van der Waals surface area (Å²) in [6, 6.07) is 6.98. The zero-order chi connectivity index (χ0) is 16.9. The van der Waals surface area contributed by atoms with E-state index in [1.807, 2.05) is 32.9 Å². The fourth-order valence-corrected chi connectivity index (χ4v) is 6.63. The van der Waals surface area contributed by atoms with E-state index in [-0.39, 0.29) is 6.04 Å². The fraction of sp³-hybridized carbons (Fsp3) is 0.667. The van der Waals surface area contributed by atoms with Gasteiger partial charge in [0.25, 0.3) is 0 Å². The highest BCUT2D eigenvalue weighted by Crippen LogP contribution is 2.61. The zero-order valence-corrected chi connectivity index (χ0v) is 15.1. The molecule has 5 heteroatoms. The molecule has 3 rings (SSSR count). The molecular formula is C18H27NO3S. The van der Waals surface area contributed by atoms with E-state index in [9.17, 15) is 13.5 Å². The van der Waals surface area contributed by atoms with Gasteiger partial charge in [0.15, 0.2) is 0 Å². The lowest BCUT2D eigenvalue weighted by Gasteiger charge is -2.37. The van der Waals surface area contributed by atoms with Crippen molar-refractivity contribution < 1.29 is 13.5 Å². The molecule has 1 saturated carbocycles. The number of fused-ring (bicyclic) bond motifs is 1. The zero-order valence-electron chi connectivity index (χ0n) is 14.2. The van der Waals surface area contributed by atoms with Crippen molar-refractivity contribution in [2.24, 2.45) is 0 Å². The molecule has 0 amide bonds. The summed E-state index contributed by atoms with van der Waals surface area (Å²) in [6.07, 6.45) is 4.81. The van der Waals surface area contributed by atoms with Crippen LogP contribution in [0.1, 0.15) is 57.9 Å². The number of benzene rings is 1. The van der Waals surface area contributed by atoms with Gasteiger partial charge in [0.05, 0.1) is 16.0 Å². The predicted molar refractivity (Wildman–Crippen MR) is 90.7 cm³/mol. The lowest BCUT2D eigenvalue weighted by atomic mass is 9.73. The third-order valence-electron chi connectivity index (χ3n) is 6.00. The molecule has 23 heavy (non-hydrogen) atoms. The Bertz CT molecular complexity index is 679. The summed E-state index contributed by atoms with van der Waals surface area (Å²) in [4.78, 5) is 0.339. The van der Waals surface area contributed by atoms with Crippen LogP contribution in [0.3, 0.4) is 0 Å². The summed E-state index contributed by atoms with van der Waals surface area (Å²) in [5, 5.41) is 11.2. The van der Waals surface area contributed by atoms with Crippen LogP contribution in [0.15, 0.2) is 29.2 Å². The average molecular weight is 337 g/mol. The second kappa shape index (κ2) is 5.57. The highest BCUT2D eigenvalue weighted by Gasteiger charge is 2.75. The Morgan fingerprint density at radius 3 is 2.39 bits per heavy atom. The number of nitrogens with zero attached hydrogens (tertiary/aromatic N) is 1. The normalized spacial score (nSPS) is 30.8. The molecule has 1 aromatic carbocycles. The third kappa shape index (κ3) is 2.28. The van der Waals surface area contributed by atoms with Crippen molar-refractivity contribution in [2.75, 3.05) is 0 Å². The molecule has 1 aliphatic carbocycles. The van der Waals surface area contributed by atoms with Crippen molar-refractivity contribution in [3.05, 3.63) is 29.8 Å². The first-order valence-electron chi connectivity index (χ1n) is 8.67. The van der Waals surface area contributed by atoms with Gasteiger partial charge in [0, 0.05) is 6.04 Å². The third-order valence-corrected chi connectivity index (χ3v) is 7.96. The fourth-order valence-electron chi connectivity index (χ4n) is 4.55. The minimum atomic E-state index is -3.55. The van der Waals surface area contributed by atoms with Gasteiger partial charge >= 0.3 is 0 Å². The topological polar surface area (TPSA) is 57.4 Å². The molecule has 3 atom stereocenters. The predicted octanol–water partition coefficient (Wildman–Crippen LogP) is 3.23. The largest absolute Gasteiger partial charge is 0.388 e. The van der Waals surface area contributed by atoms with Gasteiger partial charge < -0.3 is 5.11 Å². The second-order valence-electron chi connectivity index (χ2n) is 7.04. The van der Waals surface area contributed by atoms with Crippen LogP contribution >= 0.6 is 0 Å². The Kier molecular flexibility index (Phi) is 4.10. The van der Waals surface area contributed by atoms with Crippen LogP contribution in [-0.2, 0) is 10.0 Å². The Hall–Kier alpha value is -0.910. The van der Waals surface area contributed by atoms with Gasteiger partial charge in [-0.2, -0.15) is 4.31 Å². The van der Waals surface area contributed by atoms with Gasteiger partial charge in [0.1, 0.15) is 0 Å². The smallest absolute Gasteiger partial charge is 0.244 e. The molecule has 0 aromatic heterocycles. The molecule has 1 unspecified atom stereocenters. The number of hydrogen-bond donors (Lipinski definition) is 1. The van der Waals surface area contributed by atoms with Crippen molar-refractivity contribution in [1.29, 1.82) is 0 Å². The monoisotopic (exact) mass is 337 g/mol. The highest BCUT2D eigenvalue weighted by molar-refractivity contribution is 7.89. The van der Waals surface area contributed by atoms with Crippen LogP contribution < -0.4 is 0 Å². The molecule has 0 bridgehead atoms. The summed E-state index contributed by atoms with van der Waals surface area (Å²) in [6.45, 7) is 5.86. The van der Waals surface area contributed by atoms with Gasteiger partial charge in [-0.3, -0.25) is 0 Å². The van der Waals surface area contributed by atoms with E-state index in [1.54, 1.807) is 16.4 Å². The van der Waals surface area contributed by atoms with Gasteiger partial charge in [-0.15, -0.1) is 0 Å². The molecule has 1 saturated heterocycles. The molecule has 1 aromatic rings. The maximum Gasteiger partial charge on any atom is 0.244 e. The molecule has 0 spiro atoms. The minimum absolute atomic E-state index is 0.0487. The van der Waals surface area contributed by atoms with E-state index in [4.69, 9.17) is 0 Å². The second-order valence-corrected chi connectivity index (χ2v) is 8.85. The summed E-state index contributed by atoms with van der Waals surface area (Å²) >= 11 is 0. The van der Waals surface area contributed by atoms with E-state index in [0.29, 0.717) is 17.7 Å². The van der Waals surface area contributed by atoms with E-state index in [0.717, 1.165) is 31.2 Å².